The van der Waals surface area contributed by atoms with E-state index in [9.17, 15) is 13.2 Å². The van der Waals surface area contributed by atoms with E-state index in [1.54, 1.807) is 18.2 Å². The number of aromatic nitrogens is 1. The van der Waals surface area contributed by atoms with Crippen LogP contribution >= 0.6 is 11.3 Å². The van der Waals surface area contributed by atoms with E-state index in [-0.39, 0.29) is 5.56 Å². The molecule has 3 aromatic rings. The van der Waals surface area contributed by atoms with Crippen LogP contribution in [0.5, 0.6) is 5.75 Å². The molecule has 0 saturated carbocycles. The van der Waals surface area contributed by atoms with Crippen LogP contribution < -0.4 is 15.7 Å². The maximum Gasteiger partial charge on any atom is 0.253 e. The van der Waals surface area contributed by atoms with Gasteiger partial charge in [0.1, 0.15) is 5.75 Å². The molecule has 146 valence electrons. The highest BCUT2D eigenvalue weighted by Crippen LogP contribution is 2.34. The molecule has 0 aliphatic carbocycles. The zero-order valence-corrected chi connectivity index (χ0v) is 16.9. The maximum atomic E-state index is 12.8. The van der Waals surface area contributed by atoms with Crippen molar-refractivity contribution in [3.05, 3.63) is 68.6 Å². The molecule has 7 nitrogen and oxygen atoms in total. The summed E-state index contributed by atoms with van der Waals surface area (Å²) in [5.74, 6) is 0.665. The lowest BCUT2D eigenvalue weighted by Gasteiger charge is -2.22. The molecule has 1 aromatic carbocycles. The molecule has 0 bridgehead atoms. The second-order valence-corrected chi connectivity index (χ2v) is 9.22. The molecule has 28 heavy (non-hydrogen) atoms. The van der Waals surface area contributed by atoms with Gasteiger partial charge in [-0.05, 0) is 48.0 Å². The van der Waals surface area contributed by atoms with Crippen LogP contribution in [0.25, 0.3) is 16.6 Å². The number of sulfonamides is 1. The predicted octanol–water partition coefficient (Wildman–Crippen LogP) is 2.85. The number of rotatable bonds is 5. The van der Waals surface area contributed by atoms with Crippen molar-refractivity contribution >= 4 is 38.0 Å². The maximum absolute atomic E-state index is 12.8. The summed E-state index contributed by atoms with van der Waals surface area (Å²) in [5, 5.41) is 2.71. The summed E-state index contributed by atoms with van der Waals surface area (Å²) in [6, 6.07) is 10.2. The molecule has 0 saturated heterocycles. The van der Waals surface area contributed by atoms with E-state index in [0.29, 0.717) is 29.1 Å². The molecule has 0 radical (unpaired) electrons. The van der Waals surface area contributed by atoms with Crippen LogP contribution in [0.4, 0.5) is 0 Å². The van der Waals surface area contributed by atoms with Crippen molar-refractivity contribution in [2.24, 2.45) is 0 Å². The largest absolute Gasteiger partial charge is 0.494 e. The minimum absolute atomic E-state index is 0.342. The van der Waals surface area contributed by atoms with Crippen molar-refractivity contribution in [2.45, 2.75) is 13.0 Å². The number of H-pyrrole nitrogens is 1. The van der Waals surface area contributed by atoms with Gasteiger partial charge in [-0.1, -0.05) is 6.07 Å². The van der Waals surface area contributed by atoms with Crippen LogP contribution in [0.2, 0.25) is 0 Å². The van der Waals surface area contributed by atoms with Crippen LogP contribution in [0.15, 0.2) is 52.6 Å². The van der Waals surface area contributed by atoms with E-state index in [2.05, 4.69) is 10.4 Å². The van der Waals surface area contributed by atoms with Gasteiger partial charge in [-0.3, -0.25) is 4.79 Å². The molecule has 1 atom stereocenters. The molecular weight excluding hydrogens is 398 g/mol. The Morgan fingerprint density at radius 1 is 1.25 bits per heavy atom. The summed E-state index contributed by atoms with van der Waals surface area (Å²) >= 11 is 1.49. The number of pyridine rings is 1. The lowest BCUT2D eigenvalue weighted by molar-refractivity contribution is 0.340. The monoisotopic (exact) mass is 417 g/mol. The Hall–Kier alpha value is -2.62. The normalized spacial score (nSPS) is 17.5. The number of hydrogen-bond donors (Lipinski definition) is 2. The zero-order chi connectivity index (χ0) is 19.9. The lowest BCUT2D eigenvalue weighted by atomic mass is 10.1. The molecule has 1 aliphatic heterocycles. The summed E-state index contributed by atoms with van der Waals surface area (Å²) in [4.78, 5) is 16.5. The minimum Gasteiger partial charge on any atom is -0.494 e. The van der Waals surface area contributed by atoms with Gasteiger partial charge in [-0.2, -0.15) is 0 Å². The molecule has 9 heteroatoms. The van der Waals surface area contributed by atoms with E-state index in [0.717, 1.165) is 20.9 Å². The summed E-state index contributed by atoms with van der Waals surface area (Å²) < 4.78 is 31.2. The van der Waals surface area contributed by atoms with Gasteiger partial charge in [-0.25, -0.2) is 8.42 Å². The Kier molecular flexibility index (Phi) is 4.74. The van der Waals surface area contributed by atoms with Crippen molar-refractivity contribution in [3.63, 3.8) is 0 Å². The Labute approximate surface area is 166 Å². The highest BCUT2D eigenvalue weighted by molar-refractivity contribution is 7.88. The molecule has 3 heterocycles. The fourth-order valence-electron chi connectivity index (χ4n) is 3.20. The third kappa shape index (κ3) is 3.44. The number of hydrogen-bond acceptors (Lipinski definition) is 6. The van der Waals surface area contributed by atoms with Crippen molar-refractivity contribution < 1.29 is 13.2 Å². The number of aromatic amines is 1. The molecule has 0 fully saturated rings. The molecule has 0 unspecified atom stereocenters. The van der Waals surface area contributed by atoms with Crippen LogP contribution in [0.3, 0.4) is 0 Å². The van der Waals surface area contributed by atoms with E-state index in [1.807, 2.05) is 36.6 Å². The average Bonchev–Trinajstić information content (AvgIpc) is 3.30. The van der Waals surface area contributed by atoms with Gasteiger partial charge in [0, 0.05) is 11.6 Å². The number of nitrogens with one attached hydrogen (secondary N) is 2. The first-order valence-electron chi connectivity index (χ1n) is 8.68. The second-order valence-electron chi connectivity index (χ2n) is 6.41. The third-order valence-corrected chi connectivity index (χ3v) is 6.36. The van der Waals surface area contributed by atoms with Crippen molar-refractivity contribution in [1.29, 1.82) is 0 Å². The summed E-state index contributed by atoms with van der Waals surface area (Å²) in [5.41, 5.74) is 4.23. The van der Waals surface area contributed by atoms with Gasteiger partial charge in [-0.15, -0.1) is 15.8 Å². The number of hydrazine groups is 1. The SMILES string of the molecule is CCOc1ccc2cc([C@@H]3C=C(c4cccs4)NN3S(C)(=O)=O)c(=O)[nH]c2c1. The van der Waals surface area contributed by atoms with Crippen LogP contribution in [-0.4, -0.2) is 30.7 Å². The zero-order valence-electron chi connectivity index (χ0n) is 15.3. The van der Waals surface area contributed by atoms with Gasteiger partial charge in [0.2, 0.25) is 10.0 Å². The third-order valence-electron chi connectivity index (χ3n) is 4.43. The number of fused-ring (bicyclic) bond motifs is 1. The first kappa shape index (κ1) is 18.7. The standard InChI is InChI=1S/C19H19N3O4S2/c1-3-26-13-7-6-12-9-14(19(23)20-15(12)10-13)17-11-16(18-5-4-8-27-18)21-22(17)28(2,24)25/h4-11,17,21H,3H2,1-2H3,(H,20,23)/t17-/m0/s1. The van der Waals surface area contributed by atoms with E-state index in [1.165, 1.54) is 11.3 Å². The fraction of sp³-hybridized carbons (Fsp3) is 0.211. The number of thiophene rings is 1. The topological polar surface area (TPSA) is 91.5 Å². The first-order chi connectivity index (χ1) is 13.4. The number of benzene rings is 1. The summed E-state index contributed by atoms with van der Waals surface area (Å²) in [7, 11) is -3.61. The van der Waals surface area contributed by atoms with Crippen molar-refractivity contribution in [2.75, 3.05) is 12.9 Å². The highest BCUT2D eigenvalue weighted by Gasteiger charge is 2.35. The van der Waals surface area contributed by atoms with Crippen LogP contribution in [-0.2, 0) is 10.0 Å². The molecule has 1 aliphatic rings. The summed E-state index contributed by atoms with van der Waals surface area (Å²) in [6.45, 7) is 2.42. The van der Waals surface area contributed by atoms with Gasteiger partial charge in [0.25, 0.3) is 5.56 Å². The molecule has 2 aromatic heterocycles. The van der Waals surface area contributed by atoms with Crippen LogP contribution in [0.1, 0.15) is 23.4 Å². The Bertz CT molecular complexity index is 1210. The second kappa shape index (κ2) is 7.08. The van der Waals surface area contributed by atoms with Crippen LogP contribution in [0, 0.1) is 0 Å². The lowest BCUT2D eigenvalue weighted by Crippen LogP contribution is -2.40. The number of nitrogens with zero attached hydrogens (tertiary/aromatic N) is 1. The highest BCUT2D eigenvalue weighted by atomic mass is 32.2. The molecule has 4 rings (SSSR count). The van der Waals surface area contributed by atoms with E-state index < -0.39 is 16.1 Å². The molecular formula is C19H19N3O4S2. The van der Waals surface area contributed by atoms with E-state index in [4.69, 9.17) is 4.74 Å². The quantitative estimate of drug-likeness (QED) is 0.666. The van der Waals surface area contributed by atoms with Gasteiger partial charge >= 0.3 is 0 Å². The predicted molar refractivity (Wildman–Crippen MR) is 111 cm³/mol. The van der Waals surface area contributed by atoms with Gasteiger partial charge in [0.05, 0.1) is 35.0 Å². The van der Waals surface area contributed by atoms with Crippen molar-refractivity contribution in [3.8, 4) is 5.75 Å². The number of ether oxygens (including phenoxy) is 1. The van der Waals surface area contributed by atoms with Gasteiger partial charge < -0.3 is 15.1 Å². The molecule has 0 spiro atoms. The molecule has 2 N–H and O–H groups in total. The average molecular weight is 418 g/mol. The Balaban J connectivity index is 1.82. The van der Waals surface area contributed by atoms with Gasteiger partial charge in [0.15, 0.2) is 0 Å². The smallest absolute Gasteiger partial charge is 0.253 e. The van der Waals surface area contributed by atoms with Crippen molar-refractivity contribution in [1.82, 2.24) is 14.8 Å². The fourth-order valence-corrected chi connectivity index (χ4v) is 4.75. The molecule has 0 amide bonds. The Morgan fingerprint density at radius 2 is 2.07 bits per heavy atom. The Morgan fingerprint density at radius 3 is 2.75 bits per heavy atom. The summed E-state index contributed by atoms with van der Waals surface area (Å²) in [6.07, 6.45) is 2.87. The first-order valence-corrected chi connectivity index (χ1v) is 11.4. The minimum atomic E-state index is -3.61. The van der Waals surface area contributed by atoms with E-state index >= 15 is 0 Å².